The number of fused-ring (bicyclic) bond motifs is 1. The third-order valence-corrected chi connectivity index (χ3v) is 3.64. The van der Waals surface area contributed by atoms with Crippen molar-refractivity contribution in [3.63, 3.8) is 0 Å². The van der Waals surface area contributed by atoms with Gasteiger partial charge in [-0.05, 0) is 30.8 Å². The minimum Gasteiger partial charge on any atom is -0.318 e. The Morgan fingerprint density at radius 1 is 1.29 bits per heavy atom. The zero-order valence-electron chi connectivity index (χ0n) is 11.6. The summed E-state index contributed by atoms with van der Waals surface area (Å²) in [7, 11) is 1.86. The van der Waals surface area contributed by atoms with Crippen LogP contribution in [0.3, 0.4) is 0 Å². The van der Waals surface area contributed by atoms with Crippen molar-refractivity contribution in [2.75, 3.05) is 13.6 Å². The van der Waals surface area contributed by atoms with Gasteiger partial charge >= 0.3 is 5.69 Å². The number of rotatable bonds is 4. The number of H-pyrrole nitrogens is 1. The molecule has 21 heavy (non-hydrogen) atoms. The summed E-state index contributed by atoms with van der Waals surface area (Å²) in [5.41, 5.74) is 3.25. The molecule has 5 nitrogen and oxygen atoms in total. The summed E-state index contributed by atoms with van der Waals surface area (Å²) < 4.78 is 1.69. The highest BCUT2D eigenvalue weighted by Gasteiger charge is 2.09. The Morgan fingerprint density at radius 3 is 2.76 bits per heavy atom. The van der Waals surface area contributed by atoms with Gasteiger partial charge in [-0.25, -0.2) is 9.78 Å². The van der Waals surface area contributed by atoms with E-state index in [1.807, 2.05) is 37.4 Å². The van der Waals surface area contributed by atoms with Gasteiger partial charge in [0.15, 0.2) is 5.65 Å². The molecular formula is C15H15ClN4O. The maximum absolute atomic E-state index is 12.0. The highest BCUT2D eigenvalue weighted by molar-refractivity contribution is 6.30. The molecule has 0 unspecified atom stereocenters. The van der Waals surface area contributed by atoms with Crippen LogP contribution in [-0.4, -0.2) is 28.1 Å². The van der Waals surface area contributed by atoms with E-state index in [1.54, 1.807) is 10.8 Å². The van der Waals surface area contributed by atoms with Crippen LogP contribution in [0.25, 0.3) is 22.3 Å². The number of halogens is 1. The van der Waals surface area contributed by atoms with Crippen molar-refractivity contribution in [2.24, 2.45) is 0 Å². The number of nitrogens with one attached hydrogen (secondary N) is 2. The molecule has 0 aliphatic heterocycles. The largest absolute Gasteiger partial charge is 0.327 e. The van der Waals surface area contributed by atoms with Crippen molar-refractivity contribution >= 4 is 22.8 Å². The average Bonchev–Trinajstić information content (AvgIpc) is 2.80. The van der Waals surface area contributed by atoms with Crippen LogP contribution in [0.4, 0.5) is 0 Å². The molecule has 108 valence electrons. The molecule has 3 aromatic rings. The van der Waals surface area contributed by atoms with E-state index in [0.717, 1.165) is 23.2 Å². The van der Waals surface area contributed by atoms with Crippen molar-refractivity contribution < 1.29 is 0 Å². The summed E-state index contributed by atoms with van der Waals surface area (Å²) in [6.07, 6.45) is 1.75. The van der Waals surface area contributed by atoms with E-state index in [4.69, 9.17) is 11.6 Å². The second-order valence-electron chi connectivity index (χ2n) is 4.78. The fraction of sp³-hybridized carbons (Fsp3) is 0.200. The molecule has 2 N–H and O–H groups in total. The Balaban J connectivity index is 2.09. The number of aromatic nitrogens is 3. The van der Waals surface area contributed by atoms with Gasteiger partial charge in [0, 0.05) is 29.9 Å². The maximum Gasteiger partial charge on any atom is 0.327 e. The van der Waals surface area contributed by atoms with Gasteiger partial charge in [0.25, 0.3) is 0 Å². The predicted molar refractivity (Wildman–Crippen MR) is 84.7 cm³/mol. The summed E-state index contributed by atoms with van der Waals surface area (Å²) in [4.78, 5) is 19.1. The van der Waals surface area contributed by atoms with Crippen LogP contribution in [0.15, 0.2) is 41.3 Å². The molecule has 0 amide bonds. The molecule has 2 aromatic heterocycles. The zero-order valence-corrected chi connectivity index (χ0v) is 12.3. The molecule has 0 aliphatic carbocycles. The Hall–Kier alpha value is -2.11. The lowest BCUT2D eigenvalue weighted by atomic mass is 10.1. The van der Waals surface area contributed by atoms with E-state index in [-0.39, 0.29) is 5.69 Å². The summed E-state index contributed by atoms with van der Waals surface area (Å²) >= 11 is 5.91. The highest BCUT2D eigenvalue weighted by atomic mass is 35.5. The van der Waals surface area contributed by atoms with Crippen molar-refractivity contribution in [3.8, 4) is 11.1 Å². The number of pyridine rings is 1. The summed E-state index contributed by atoms with van der Waals surface area (Å²) in [5, 5.41) is 3.74. The molecular weight excluding hydrogens is 288 g/mol. The Labute approximate surface area is 126 Å². The molecule has 0 fully saturated rings. The molecule has 0 aliphatic rings. The van der Waals surface area contributed by atoms with Crippen LogP contribution >= 0.6 is 11.6 Å². The Bertz CT molecular complexity index is 820. The van der Waals surface area contributed by atoms with Crippen molar-refractivity contribution in [3.05, 3.63) is 52.0 Å². The molecule has 2 heterocycles. The van der Waals surface area contributed by atoms with E-state index in [9.17, 15) is 4.79 Å². The Morgan fingerprint density at radius 2 is 2.05 bits per heavy atom. The highest BCUT2D eigenvalue weighted by Crippen LogP contribution is 2.23. The third-order valence-electron chi connectivity index (χ3n) is 3.39. The quantitative estimate of drug-likeness (QED) is 0.777. The van der Waals surface area contributed by atoms with Gasteiger partial charge in [0.2, 0.25) is 0 Å². The van der Waals surface area contributed by atoms with Gasteiger partial charge in [-0.3, -0.25) is 9.55 Å². The van der Waals surface area contributed by atoms with E-state index in [2.05, 4.69) is 15.3 Å². The van der Waals surface area contributed by atoms with E-state index < -0.39 is 0 Å². The van der Waals surface area contributed by atoms with Gasteiger partial charge < -0.3 is 5.32 Å². The summed E-state index contributed by atoms with van der Waals surface area (Å²) in [6.45, 7) is 1.32. The number of likely N-dealkylation sites (N-methyl/N-ethyl adjacent to an activating group) is 1. The lowest BCUT2D eigenvalue weighted by Crippen LogP contribution is -2.23. The minimum atomic E-state index is -0.138. The minimum absolute atomic E-state index is 0.138. The van der Waals surface area contributed by atoms with Crippen LogP contribution in [0, 0.1) is 0 Å². The number of aromatic amines is 1. The molecule has 0 atom stereocenters. The lowest BCUT2D eigenvalue weighted by Gasteiger charge is -2.05. The standard InChI is InChI=1S/C15H15ClN4O/c1-17-6-7-20-13-8-11(9-18-14(13)19-15(20)21)10-2-4-12(16)5-3-10/h2-5,8-9,17H,6-7H2,1H3,(H,18,19,21). The monoisotopic (exact) mass is 302 g/mol. The maximum atomic E-state index is 12.0. The van der Waals surface area contributed by atoms with Gasteiger partial charge in [-0.15, -0.1) is 0 Å². The number of hydrogen-bond donors (Lipinski definition) is 2. The van der Waals surface area contributed by atoms with Crippen LogP contribution < -0.4 is 11.0 Å². The molecule has 0 saturated heterocycles. The second kappa shape index (κ2) is 5.71. The molecule has 1 aromatic carbocycles. The van der Waals surface area contributed by atoms with Gasteiger partial charge in [-0.2, -0.15) is 0 Å². The normalized spacial score (nSPS) is 11.1. The molecule has 0 spiro atoms. The third kappa shape index (κ3) is 2.70. The van der Waals surface area contributed by atoms with E-state index in [1.165, 1.54) is 0 Å². The second-order valence-corrected chi connectivity index (χ2v) is 5.22. The smallest absolute Gasteiger partial charge is 0.318 e. The van der Waals surface area contributed by atoms with Gasteiger partial charge in [-0.1, -0.05) is 23.7 Å². The average molecular weight is 303 g/mol. The van der Waals surface area contributed by atoms with E-state index >= 15 is 0 Å². The summed E-state index contributed by atoms with van der Waals surface area (Å²) in [5.74, 6) is 0. The first-order chi connectivity index (χ1) is 10.2. The molecule has 0 radical (unpaired) electrons. The van der Waals surface area contributed by atoms with Crippen molar-refractivity contribution in [1.82, 2.24) is 19.9 Å². The van der Waals surface area contributed by atoms with Crippen molar-refractivity contribution in [2.45, 2.75) is 6.54 Å². The van der Waals surface area contributed by atoms with Gasteiger partial charge in [0.05, 0.1) is 5.52 Å². The van der Waals surface area contributed by atoms with Gasteiger partial charge in [0.1, 0.15) is 0 Å². The zero-order chi connectivity index (χ0) is 14.8. The molecule has 0 bridgehead atoms. The van der Waals surface area contributed by atoms with Crippen LogP contribution in [-0.2, 0) is 6.54 Å². The topological polar surface area (TPSA) is 62.7 Å². The van der Waals surface area contributed by atoms with Crippen molar-refractivity contribution in [1.29, 1.82) is 0 Å². The summed E-state index contributed by atoms with van der Waals surface area (Å²) in [6, 6.07) is 9.53. The molecule has 0 saturated carbocycles. The number of imidazole rings is 1. The van der Waals surface area contributed by atoms with Crippen LogP contribution in [0.5, 0.6) is 0 Å². The molecule has 3 rings (SSSR count). The first-order valence-electron chi connectivity index (χ1n) is 6.68. The van der Waals surface area contributed by atoms with Crippen LogP contribution in [0.2, 0.25) is 5.02 Å². The first-order valence-corrected chi connectivity index (χ1v) is 7.06. The fourth-order valence-corrected chi connectivity index (χ4v) is 2.41. The molecule has 6 heteroatoms. The van der Waals surface area contributed by atoms with Crippen LogP contribution in [0.1, 0.15) is 0 Å². The predicted octanol–water partition coefficient (Wildman–Crippen LogP) is 2.26. The number of benzene rings is 1. The Kier molecular flexibility index (Phi) is 3.77. The SMILES string of the molecule is CNCCn1c(=O)[nH]c2ncc(-c3ccc(Cl)cc3)cc21. The lowest BCUT2D eigenvalue weighted by molar-refractivity contribution is 0.642. The first kappa shape index (κ1) is 13.9. The van der Waals surface area contributed by atoms with E-state index in [0.29, 0.717) is 17.2 Å². The fourth-order valence-electron chi connectivity index (χ4n) is 2.28. The number of hydrogen-bond acceptors (Lipinski definition) is 3. The number of nitrogens with zero attached hydrogens (tertiary/aromatic N) is 2.